The van der Waals surface area contributed by atoms with Gasteiger partial charge in [0.25, 0.3) is 5.69 Å². The molecule has 11 heteroatoms. The van der Waals surface area contributed by atoms with E-state index < -0.39 is 4.92 Å². The summed E-state index contributed by atoms with van der Waals surface area (Å²) in [5, 5.41) is 33.4. The third-order valence-corrected chi connectivity index (χ3v) is 6.69. The lowest BCUT2D eigenvalue weighted by atomic mass is 10.1. The molecule has 0 bridgehead atoms. The lowest BCUT2D eigenvalue weighted by molar-refractivity contribution is -0.384. The summed E-state index contributed by atoms with van der Waals surface area (Å²) in [6, 6.07) is 21.4. The molecule has 0 fully saturated rings. The fourth-order valence-corrected chi connectivity index (χ4v) is 4.73. The number of nitro benzene ring substituents is 1. The van der Waals surface area contributed by atoms with Crippen molar-refractivity contribution in [2.24, 2.45) is 0 Å². The molecule has 37 heavy (non-hydrogen) atoms. The predicted octanol–water partition coefficient (Wildman–Crippen LogP) is 5.23. The number of nitriles is 1. The molecule has 0 saturated heterocycles. The predicted molar refractivity (Wildman–Crippen MR) is 141 cm³/mol. The van der Waals surface area contributed by atoms with Crippen molar-refractivity contribution in [3.63, 3.8) is 0 Å². The number of benzene rings is 3. The topological polar surface area (TPSA) is 143 Å². The van der Waals surface area contributed by atoms with Crippen LogP contribution in [0.1, 0.15) is 11.1 Å². The molecule has 2 aromatic heterocycles. The zero-order valence-electron chi connectivity index (χ0n) is 19.5. The normalized spacial score (nSPS) is 10.8. The maximum atomic E-state index is 12.8. The van der Waals surface area contributed by atoms with Gasteiger partial charge >= 0.3 is 0 Å². The molecule has 182 valence electrons. The second kappa shape index (κ2) is 9.96. The minimum Gasteiger partial charge on any atom is -0.360 e. The largest absolute Gasteiger partial charge is 0.360 e. The van der Waals surface area contributed by atoms with Crippen molar-refractivity contribution in [2.45, 2.75) is 12.1 Å². The zero-order chi connectivity index (χ0) is 25.9. The molecule has 5 aromatic rings. The highest BCUT2D eigenvalue weighted by molar-refractivity contribution is 7.99. The van der Waals surface area contributed by atoms with Gasteiger partial charge in [0.2, 0.25) is 5.91 Å². The number of non-ortho nitro benzene ring substituents is 1. The Hall–Kier alpha value is -4.95. The van der Waals surface area contributed by atoms with Crippen LogP contribution in [0.4, 0.5) is 11.4 Å². The Bertz CT molecular complexity index is 1700. The molecule has 0 spiro atoms. The van der Waals surface area contributed by atoms with E-state index in [9.17, 15) is 20.2 Å². The van der Waals surface area contributed by atoms with Crippen LogP contribution in [-0.2, 0) is 4.79 Å². The summed E-state index contributed by atoms with van der Waals surface area (Å²) in [7, 11) is 0. The number of hydrogen-bond acceptors (Lipinski definition) is 7. The second-order valence-electron chi connectivity index (χ2n) is 8.11. The Morgan fingerprint density at radius 1 is 1.16 bits per heavy atom. The highest BCUT2D eigenvalue weighted by Crippen LogP contribution is 2.33. The van der Waals surface area contributed by atoms with Gasteiger partial charge in [0.1, 0.15) is 6.07 Å². The molecule has 1 amide bonds. The number of nitrogens with one attached hydrogen (secondary N) is 2. The summed E-state index contributed by atoms with van der Waals surface area (Å²) in [5.74, 6) is 0.236. The molecule has 0 radical (unpaired) electrons. The van der Waals surface area contributed by atoms with Gasteiger partial charge in [0.15, 0.2) is 11.0 Å². The van der Waals surface area contributed by atoms with Crippen molar-refractivity contribution < 1.29 is 9.72 Å². The smallest absolute Gasteiger partial charge is 0.270 e. The number of aromatic amines is 1. The molecular weight excluding hydrogens is 490 g/mol. The van der Waals surface area contributed by atoms with E-state index in [-0.39, 0.29) is 28.6 Å². The van der Waals surface area contributed by atoms with Gasteiger partial charge in [0, 0.05) is 34.8 Å². The summed E-state index contributed by atoms with van der Waals surface area (Å²) in [5.41, 5.74) is 3.75. The van der Waals surface area contributed by atoms with Crippen LogP contribution in [0, 0.1) is 28.4 Å². The number of aromatic nitrogens is 4. The van der Waals surface area contributed by atoms with Crippen molar-refractivity contribution >= 4 is 39.9 Å². The lowest BCUT2D eigenvalue weighted by Crippen LogP contribution is -2.15. The number of aryl methyl sites for hydroxylation is 1. The SMILES string of the molecule is Cc1ccccc1-n1c(SCC(=O)Nc2ccc([N+](=O)[O-])cc2C#N)nnc1-c1c[nH]c2ccccc12. The molecule has 0 aliphatic heterocycles. The van der Waals surface area contributed by atoms with E-state index in [1.807, 2.05) is 72.3 Å². The van der Waals surface area contributed by atoms with Gasteiger partial charge in [-0.15, -0.1) is 10.2 Å². The van der Waals surface area contributed by atoms with Crippen molar-refractivity contribution in [1.82, 2.24) is 19.7 Å². The fourth-order valence-electron chi connectivity index (χ4n) is 3.99. The Morgan fingerprint density at radius 2 is 1.95 bits per heavy atom. The minimum atomic E-state index is -0.591. The number of nitrogens with zero attached hydrogens (tertiary/aromatic N) is 5. The zero-order valence-corrected chi connectivity index (χ0v) is 20.3. The lowest BCUT2D eigenvalue weighted by Gasteiger charge is -2.13. The number of H-pyrrole nitrogens is 1. The summed E-state index contributed by atoms with van der Waals surface area (Å²) in [6.07, 6.45) is 1.89. The first-order valence-electron chi connectivity index (χ1n) is 11.2. The maximum Gasteiger partial charge on any atom is 0.270 e. The second-order valence-corrected chi connectivity index (χ2v) is 9.05. The average molecular weight is 510 g/mol. The number of fused-ring (bicyclic) bond motifs is 1. The fraction of sp³-hybridized carbons (Fsp3) is 0.0769. The van der Waals surface area contributed by atoms with Crippen molar-refractivity contribution in [2.75, 3.05) is 11.1 Å². The molecule has 0 atom stereocenters. The Morgan fingerprint density at radius 3 is 2.73 bits per heavy atom. The molecule has 2 heterocycles. The average Bonchev–Trinajstić information content (AvgIpc) is 3.52. The summed E-state index contributed by atoms with van der Waals surface area (Å²) in [6.45, 7) is 1.99. The number of rotatable bonds is 7. The minimum absolute atomic E-state index is 0.0113. The molecule has 0 unspecified atom stereocenters. The molecule has 10 nitrogen and oxygen atoms in total. The van der Waals surface area contributed by atoms with Crippen LogP contribution in [0.25, 0.3) is 28.0 Å². The van der Waals surface area contributed by atoms with Gasteiger partial charge in [-0.05, 0) is 30.7 Å². The van der Waals surface area contributed by atoms with Crippen molar-refractivity contribution in [1.29, 1.82) is 5.26 Å². The number of amides is 1. The molecule has 0 aliphatic carbocycles. The highest BCUT2D eigenvalue weighted by Gasteiger charge is 2.21. The van der Waals surface area contributed by atoms with E-state index in [1.165, 1.54) is 23.9 Å². The van der Waals surface area contributed by atoms with Crippen molar-refractivity contribution in [3.8, 4) is 23.1 Å². The molecule has 2 N–H and O–H groups in total. The summed E-state index contributed by atoms with van der Waals surface area (Å²) >= 11 is 1.20. The molecule has 3 aromatic carbocycles. The summed E-state index contributed by atoms with van der Waals surface area (Å²) < 4.78 is 1.93. The summed E-state index contributed by atoms with van der Waals surface area (Å²) in [4.78, 5) is 26.4. The monoisotopic (exact) mass is 509 g/mol. The van der Waals surface area contributed by atoms with Crippen LogP contribution in [0.5, 0.6) is 0 Å². The Balaban J connectivity index is 1.45. The number of hydrogen-bond donors (Lipinski definition) is 2. The number of para-hydroxylation sites is 2. The van der Waals surface area contributed by atoms with E-state index in [4.69, 9.17) is 0 Å². The quantitative estimate of drug-likeness (QED) is 0.174. The standard InChI is InChI=1S/C26H19N7O3S/c1-16-6-2-5-9-23(16)32-25(20-14-28-22-8-4-3-7-19(20)22)30-31-26(32)37-15-24(34)29-21-11-10-18(33(35)36)12-17(21)13-27/h2-12,14,28H,15H2,1H3,(H,29,34). The molecule has 0 aliphatic rings. The first-order valence-corrected chi connectivity index (χ1v) is 12.1. The molecule has 0 saturated carbocycles. The van der Waals surface area contributed by atoms with Crippen LogP contribution in [0.2, 0.25) is 0 Å². The van der Waals surface area contributed by atoms with Crippen molar-refractivity contribution in [3.05, 3.63) is 94.2 Å². The molecule has 5 rings (SSSR count). The van der Waals surface area contributed by atoms with E-state index >= 15 is 0 Å². The number of nitro groups is 1. The number of thioether (sulfide) groups is 1. The number of carbonyl (C=O) groups is 1. The maximum absolute atomic E-state index is 12.8. The van der Waals surface area contributed by atoms with Gasteiger partial charge in [-0.1, -0.05) is 48.2 Å². The van der Waals surface area contributed by atoms with E-state index in [2.05, 4.69) is 20.5 Å². The van der Waals surface area contributed by atoms with Crippen LogP contribution < -0.4 is 5.32 Å². The van der Waals surface area contributed by atoms with Gasteiger partial charge in [-0.25, -0.2) is 0 Å². The number of carbonyl (C=O) groups excluding carboxylic acids is 1. The van der Waals surface area contributed by atoms with E-state index in [0.29, 0.717) is 11.0 Å². The number of anilines is 1. The Labute approximate surface area is 215 Å². The van der Waals surface area contributed by atoms with E-state index in [1.54, 1.807) is 0 Å². The first kappa shape index (κ1) is 23.8. The van der Waals surface area contributed by atoms with Crippen LogP contribution in [0.15, 0.2) is 78.1 Å². The van der Waals surface area contributed by atoms with Gasteiger partial charge < -0.3 is 10.3 Å². The van der Waals surface area contributed by atoms with E-state index in [0.717, 1.165) is 33.8 Å². The molecular formula is C26H19N7O3S. The Kier molecular flexibility index (Phi) is 6.40. The van der Waals surface area contributed by atoms with Gasteiger partial charge in [0.05, 0.1) is 27.6 Å². The van der Waals surface area contributed by atoms with Crippen LogP contribution in [0.3, 0.4) is 0 Å². The van der Waals surface area contributed by atoms with Crippen LogP contribution >= 0.6 is 11.8 Å². The van der Waals surface area contributed by atoms with Gasteiger partial charge in [-0.3, -0.25) is 19.5 Å². The third kappa shape index (κ3) is 4.65. The highest BCUT2D eigenvalue weighted by atomic mass is 32.2. The first-order chi connectivity index (χ1) is 18.0. The third-order valence-electron chi connectivity index (χ3n) is 5.76. The van der Waals surface area contributed by atoms with Crippen LogP contribution in [-0.4, -0.2) is 36.3 Å². The van der Waals surface area contributed by atoms with Gasteiger partial charge in [-0.2, -0.15) is 5.26 Å².